The van der Waals surface area contributed by atoms with E-state index in [9.17, 15) is 21.6 Å². The van der Waals surface area contributed by atoms with E-state index in [0.717, 1.165) is 21.9 Å². The van der Waals surface area contributed by atoms with Crippen LogP contribution in [0.3, 0.4) is 0 Å². The molecule has 0 atom stereocenters. The predicted octanol–water partition coefficient (Wildman–Crippen LogP) is -0.288. The molecule has 11 heteroatoms. The van der Waals surface area contributed by atoms with Crippen LogP contribution in [0.5, 0.6) is 0 Å². The lowest BCUT2D eigenvalue weighted by Gasteiger charge is -2.32. The zero-order chi connectivity index (χ0) is 15.8. The summed E-state index contributed by atoms with van der Waals surface area (Å²) in [6.45, 7) is 0.129. The van der Waals surface area contributed by atoms with Gasteiger partial charge in [0.05, 0.1) is 6.26 Å². The molecule has 0 aliphatic carbocycles. The van der Waals surface area contributed by atoms with Crippen molar-refractivity contribution in [2.24, 2.45) is 0 Å². The summed E-state index contributed by atoms with van der Waals surface area (Å²) in [5.41, 5.74) is 0. The van der Waals surface area contributed by atoms with Gasteiger partial charge in [-0.25, -0.2) is 21.6 Å². The first-order chi connectivity index (χ1) is 9.64. The molecule has 0 bridgehead atoms. The minimum absolute atomic E-state index is 0.00427. The molecule has 2 heterocycles. The molecule has 1 aliphatic heterocycles. The van der Waals surface area contributed by atoms with E-state index in [1.807, 2.05) is 0 Å². The van der Waals surface area contributed by atoms with Gasteiger partial charge in [0.25, 0.3) is 0 Å². The molecule has 2 rings (SSSR count). The molecule has 1 saturated heterocycles. The zero-order valence-corrected chi connectivity index (χ0v) is 13.5. The van der Waals surface area contributed by atoms with Gasteiger partial charge in [0.1, 0.15) is 9.77 Å². The van der Waals surface area contributed by atoms with Gasteiger partial charge in [-0.15, -0.1) is 11.3 Å². The average Bonchev–Trinajstić information content (AvgIpc) is 2.88. The summed E-state index contributed by atoms with van der Waals surface area (Å²) in [6.07, 6.45) is 1.07. The van der Waals surface area contributed by atoms with Gasteiger partial charge in [-0.1, -0.05) is 0 Å². The second-order valence-corrected chi connectivity index (χ2v) is 9.29. The summed E-state index contributed by atoms with van der Waals surface area (Å²) < 4.78 is 50.0. The van der Waals surface area contributed by atoms with Crippen LogP contribution in [-0.2, 0) is 20.0 Å². The number of carboxylic acids is 1. The molecule has 1 aromatic rings. The number of thiophene rings is 1. The summed E-state index contributed by atoms with van der Waals surface area (Å²) >= 11 is 0.842. The SMILES string of the molecule is CS(=O)(=O)N1CCN(S(=O)(=O)c2ccsc2C(=O)O)CC1. The van der Waals surface area contributed by atoms with E-state index in [-0.39, 0.29) is 36.0 Å². The van der Waals surface area contributed by atoms with Crippen molar-refractivity contribution in [2.75, 3.05) is 32.4 Å². The minimum atomic E-state index is -3.92. The molecule has 0 amide bonds. The van der Waals surface area contributed by atoms with Crippen molar-refractivity contribution in [1.29, 1.82) is 0 Å². The van der Waals surface area contributed by atoms with Crippen molar-refractivity contribution in [3.05, 3.63) is 16.3 Å². The zero-order valence-electron chi connectivity index (χ0n) is 11.1. The molecule has 1 N–H and O–H groups in total. The molecule has 0 unspecified atom stereocenters. The van der Waals surface area contributed by atoms with E-state index < -0.39 is 26.0 Å². The molecule has 118 valence electrons. The molecular weight excluding hydrogens is 340 g/mol. The number of sulfonamides is 2. The van der Waals surface area contributed by atoms with Gasteiger partial charge in [-0.2, -0.15) is 8.61 Å². The first-order valence-corrected chi connectivity index (χ1v) is 10.1. The van der Waals surface area contributed by atoms with Crippen molar-refractivity contribution in [3.63, 3.8) is 0 Å². The maximum absolute atomic E-state index is 12.4. The first-order valence-electron chi connectivity index (χ1n) is 5.90. The Bertz CT molecular complexity index is 744. The minimum Gasteiger partial charge on any atom is -0.477 e. The molecule has 1 aliphatic rings. The van der Waals surface area contributed by atoms with Crippen LogP contribution in [0.1, 0.15) is 9.67 Å². The Hall–Kier alpha value is -1.01. The maximum atomic E-state index is 12.4. The smallest absolute Gasteiger partial charge is 0.347 e. The fraction of sp³-hybridized carbons (Fsp3) is 0.500. The highest BCUT2D eigenvalue weighted by atomic mass is 32.2. The molecule has 0 radical (unpaired) electrons. The van der Waals surface area contributed by atoms with Crippen molar-refractivity contribution in [1.82, 2.24) is 8.61 Å². The number of carboxylic acid groups (broad SMARTS) is 1. The first kappa shape index (κ1) is 16.4. The highest BCUT2D eigenvalue weighted by Gasteiger charge is 2.34. The van der Waals surface area contributed by atoms with Crippen LogP contribution >= 0.6 is 11.3 Å². The third-order valence-electron chi connectivity index (χ3n) is 3.11. The molecule has 1 fully saturated rings. The van der Waals surface area contributed by atoms with E-state index >= 15 is 0 Å². The lowest BCUT2D eigenvalue weighted by atomic mass is 10.4. The van der Waals surface area contributed by atoms with E-state index in [4.69, 9.17) is 5.11 Å². The normalized spacial score (nSPS) is 18.7. The largest absolute Gasteiger partial charge is 0.477 e. The van der Waals surface area contributed by atoms with Crippen LogP contribution in [0.2, 0.25) is 0 Å². The van der Waals surface area contributed by atoms with Crippen molar-refractivity contribution in [2.45, 2.75) is 4.90 Å². The third-order valence-corrected chi connectivity index (χ3v) is 7.38. The number of carbonyl (C=O) groups is 1. The third kappa shape index (κ3) is 3.26. The second-order valence-electron chi connectivity index (χ2n) is 4.49. The van der Waals surface area contributed by atoms with Crippen LogP contribution in [-0.4, -0.2) is 69.0 Å². The van der Waals surface area contributed by atoms with Gasteiger partial charge in [0.15, 0.2) is 0 Å². The lowest BCUT2D eigenvalue weighted by molar-refractivity contribution is 0.0698. The summed E-state index contributed by atoms with van der Waals surface area (Å²) in [7, 11) is -7.27. The van der Waals surface area contributed by atoms with Crippen molar-refractivity contribution in [3.8, 4) is 0 Å². The van der Waals surface area contributed by atoms with Crippen LogP contribution < -0.4 is 0 Å². The van der Waals surface area contributed by atoms with Gasteiger partial charge in [-0.05, 0) is 11.4 Å². The maximum Gasteiger partial charge on any atom is 0.347 e. The van der Waals surface area contributed by atoms with E-state index in [2.05, 4.69) is 0 Å². The summed E-state index contributed by atoms with van der Waals surface area (Å²) in [4.78, 5) is 10.6. The van der Waals surface area contributed by atoms with Gasteiger partial charge in [-0.3, -0.25) is 0 Å². The lowest BCUT2D eigenvalue weighted by Crippen LogP contribution is -2.50. The van der Waals surface area contributed by atoms with Crippen LogP contribution in [0.4, 0.5) is 0 Å². The topological polar surface area (TPSA) is 112 Å². The number of hydrogen-bond donors (Lipinski definition) is 1. The van der Waals surface area contributed by atoms with Gasteiger partial charge in [0.2, 0.25) is 20.0 Å². The fourth-order valence-electron chi connectivity index (χ4n) is 2.04. The number of rotatable bonds is 4. The molecule has 8 nitrogen and oxygen atoms in total. The van der Waals surface area contributed by atoms with Gasteiger partial charge >= 0.3 is 5.97 Å². The highest BCUT2D eigenvalue weighted by molar-refractivity contribution is 7.89. The van der Waals surface area contributed by atoms with Crippen LogP contribution in [0.15, 0.2) is 16.3 Å². The predicted molar refractivity (Wildman–Crippen MR) is 76.5 cm³/mol. The van der Waals surface area contributed by atoms with Crippen LogP contribution in [0.25, 0.3) is 0 Å². The van der Waals surface area contributed by atoms with E-state index in [0.29, 0.717) is 0 Å². The van der Waals surface area contributed by atoms with Gasteiger partial charge in [0, 0.05) is 26.2 Å². The fourth-order valence-corrected chi connectivity index (χ4v) is 5.52. The Morgan fingerprint density at radius 2 is 1.67 bits per heavy atom. The van der Waals surface area contributed by atoms with E-state index in [1.54, 1.807) is 0 Å². The number of aromatic carboxylic acids is 1. The highest BCUT2D eigenvalue weighted by Crippen LogP contribution is 2.26. The molecule has 0 aromatic carbocycles. The summed E-state index contributed by atoms with van der Waals surface area (Å²) in [5.74, 6) is -1.29. The Balaban J connectivity index is 2.23. The summed E-state index contributed by atoms with van der Waals surface area (Å²) in [5, 5.41) is 10.4. The summed E-state index contributed by atoms with van der Waals surface area (Å²) in [6, 6.07) is 1.26. The Kier molecular flexibility index (Phi) is 4.40. The second kappa shape index (κ2) is 5.65. The Morgan fingerprint density at radius 3 is 2.14 bits per heavy atom. The van der Waals surface area contributed by atoms with Crippen LogP contribution in [0, 0.1) is 0 Å². The Morgan fingerprint density at radius 1 is 1.14 bits per heavy atom. The van der Waals surface area contributed by atoms with Gasteiger partial charge < -0.3 is 5.11 Å². The standard InChI is InChI=1S/C10H14N2O6S3/c1-20(15,16)11-3-5-12(6-4-11)21(17,18)8-2-7-19-9(8)10(13)14/h2,7H,3-6H2,1H3,(H,13,14). The molecule has 0 saturated carbocycles. The van der Waals surface area contributed by atoms with Crippen molar-refractivity contribution >= 4 is 37.4 Å². The number of hydrogen-bond acceptors (Lipinski definition) is 6. The quantitative estimate of drug-likeness (QED) is 0.795. The molecule has 0 spiro atoms. The average molecular weight is 354 g/mol. The Labute approximate surface area is 126 Å². The molecular formula is C10H14N2O6S3. The van der Waals surface area contributed by atoms with E-state index in [1.165, 1.54) is 15.8 Å². The number of piperazine rings is 1. The molecule has 1 aromatic heterocycles. The monoisotopic (exact) mass is 354 g/mol. The van der Waals surface area contributed by atoms with Crippen molar-refractivity contribution < 1.29 is 26.7 Å². The molecule has 21 heavy (non-hydrogen) atoms. The number of nitrogens with zero attached hydrogens (tertiary/aromatic N) is 2.